The van der Waals surface area contributed by atoms with E-state index in [4.69, 9.17) is 0 Å². The SMILES string of the molecule is C[CH-]C(C)CC.[Y+3]. The molecule has 0 aromatic rings. The Bertz CT molecular complexity index is 23.4. The first kappa shape index (κ1) is 11.0. The topological polar surface area (TPSA) is 0 Å². The van der Waals surface area contributed by atoms with Gasteiger partial charge in [0, 0.05) is 0 Å². The third-order valence-electron chi connectivity index (χ3n) is 1.21. The van der Waals surface area contributed by atoms with Crippen LogP contribution in [-0.4, -0.2) is 0 Å². The maximum absolute atomic E-state index is 2.22. The maximum atomic E-state index is 2.22. The molecule has 0 fully saturated rings. The molecule has 7 heavy (non-hydrogen) atoms. The molecule has 0 bridgehead atoms. The molecule has 0 saturated carbocycles. The Morgan fingerprint density at radius 1 is 1.57 bits per heavy atom. The monoisotopic (exact) mass is 174 g/mol. The van der Waals surface area contributed by atoms with E-state index in [0.29, 0.717) is 0 Å². The van der Waals surface area contributed by atoms with Crippen molar-refractivity contribution >= 4 is 0 Å². The summed E-state index contributed by atoms with van der Waals surface area (Å²) in [5, 5.41) is 0. The van der Waals surface area contributed by atoms with Gasteiger partial charge in [0.25, 0.3) is 0 Å². The zero-order valence-corrected chi connectivity index (χ0v) is 8.28. The van der Waals surface area contributed by atoms with Gasteiger partial charge in [-0.3, -0.25) is 0 Å². The smallest absolute Gasteiger partial charge is 0.329 e. The zero-order valence-electron chi connectivity index (χ0n) is 5.44. The molecule has 0 spiro atoms. The van der Waals surface area contributed by atoms with Crippen LogP contribution in [-0.2, 0) is 32.7 Å². The van der Waals surface area contributed by atoms with E-state index in [2.05, 4.69) is 27.2 Å². The number of hydrogen-bond acceptors (Lipinski definition) is 0. The van der Waals surface area contributed by atoms with Crippen LogP contribution in [0.4, 0.5) is 0 Å². The van der Waals surface area contributed by atoms with Gasteiger partial charge in [-0.2, -0.15) is 12.8 Å². The summed E-state index contributed by atoms with van der Waals surface area (Å²) in [5.74, 6) is 0.810. The van der Waals surface area contributed by atoms with Gasteiger partial charge in [0.1, 0.15) is 0 Å². The molecule has 0 amide bonds. The fourth-order valence-electron chi connectivity index (χ4n) is 0.236. The molecule has 0 N–H and O–H groups in total. The van der Waals surface area contributed by atoms with Crippen molar-refractivity contribution in [2.45, 2.75) is 27.2 Å². The van der Waals surface area contributed by atoms with Gasteiger partial charge >= 0.3 is 32.7 Å². The minimum Gasteiger partial charge on any atom is -0.329 e. The quantitative estimate of drug-likeness (QED) is 0.563. The van der Waals surface area contributed by atoms with Crippen molar-refractivity contribution in [2.24, 2.45) is 5.92 Å². The average Bonchev–Trinajstić information content (AvgIpc) is 1.65. The van der Waals surface area contributed by atoms with Crippen molar-refractivity contribution in [2.75, 3.05) is 0 Å². The van der Waals surface area contributed by atoms with Crippen molar-refractivity contribution < 1.29 is 32.7 Å². The summed E-state index contributed by atoms with van der Waals surface area (Å²) in [4.78, 5) is 0. The first-order valence-corrected chi connectivity index (χ1v) is 2.60. The molecule has 0 rings (SSSR count). The second-order valence-corrected chi connectivity index (χ2v) is 1.72. The molecular weight excluding hydrogens is 161 g/mol. The summed E-state index contributed by atoms with van der Waals surface area (Å²) in [5.41, 5.74) is 0. The van der Waals surface area contributed by atoms with Gasteiger partial charge in [-0.15, -0.1) is 0 Å². The molecule has 1 unspecified atom stereocenters. The molecule has 38 valence electrons. The van der Waals surface area contributed by atoms with Crippen molar-refractivity contribution in [1.82, 2.24) is 0 Å². The number of rotatable bonds is 2. The number of hydrogen-bond donors (Lipinski definition) is 0. The molecule has 0 nitrogen and oxygen atoms in total. The zero-order chi connectivity index (χ0) is 4.99. The molecule has 0 heterocycles. The van der Waals surface area contributed by atoms with Crippen LogP contribution in [0, 0.1) is 12.3 Å². The van der Waals surface area contributed by atoms with Crippen LogP contribution in [0.3, 0.4) is 0 Å². The summed E-state index contributed by atoms with van der Waals surface area (Å²) in [6, 6.07) is 0. The molecular formula is C6H13Y+2. The van der Waals surface area contributed by atoms with Crippen LogP contribution < -0.4 is 0 Å². The Balaban J connectivity index is 0. The van der Waals surface area contributed by atoms with E-state index in [0.717, 1.165) is 5.92 Å². The summed E-state index contributed by atoms with van der Waals surface area (Å²) in [6.07, 6.45) is 3.50. The van der Waals surface area contributed by atoms with Gasteiger partial charge in [0.2, 0.25) is 0 Å². The summed E-state index contributed by atoms with van der Waals surface area (Å²) in [6.45, 7) is 6.53. The van der Waals surface area contributed by atoms with E-state index >= 15 is 0 Å². The van der Waals surface area contributed by atoms with Crippen LogP contribution >= 0.6 is 0 Å². The van der Waals surface area contributed by atoms with Crippen LogP contribution in [0.15, 0.2) is 0 Å². The van der Waals surface area contributed by atoms with Crippen LogP contribution in [0.1, 0.15) is 27.2 Å². The minimum absolute atomic E-state index is 0. The van der Waals surface area contributed by atoms with Gasteiger partial charge in [0.15, 0.2) is 0 Å². The van der Waals surface area contributed by atoms with Crippen LogP contribution in [0.5, 0.6) is 0 Å². The van der Waals surface area contributed by atoms with Crippen LogP contribution in [0.2, 0.25) is 0 Å². The first-order valence-electron chi connectivity index (χ1n) is 2.60. The van der Waals surface area contributed by atoms with Gasteiger partial charge in [-0.05, 0) is 0 Å². The summed E-state index contributed by atoms with van der Waals surface area (Å²) in [7, 11) is 0. The average molecular weight is 174 g/mol. The fourth-order valence-corrected chi connectivity index (χ4v) is 0.236. The summed E-state index contributed by atoms with van der Waals surface area (Å²) >= 11 is 0. The minimum atomic E-state index is 0. The van der Waals surface area contributed by atoms with Gasteiger partial charge in [0.05, 0.1) is 0 Å². The predicted octanol–water partition coefficient (Wildman–Crippen LogP) is 2.25. The molecule has 0 saturated heterocycles. The van der Waals surface area contributed by atoms with Crippen molar-refractivity contribution in [3.8, 4) is 0 Å². The Labute approximate surface area is 71.9 Å². The maximum Gasteiger partial charge on any atom is 3.00 e. The Hall–Kier alpha value is 1.10. The molecule has 1 heteroatoms. The molecule has 0 aliphatic carbocycles. The van der Waals surface area contributed by atoms with E-state index in [-0.39, 0.29) is 32.7 Å². The standard InChI is InChI=1S/C6H13.Y/c1-4-6(3)5-2;/h4,6H,5H2,1-3H3;/q-1;+3. The van der Waals surface area contributed by atoms with E-state index < -0.39 is 0 Å². The van der Waals surface area contributed by atoms with Gasteiger partial charge < -0.3 is 6.42 Å². The largest absolute Gasteiger partial charge is 3.00 e. The Morgan fingerprint density at radius 2 is 2.00 bits per heavy atom. The second-order valence-electron chi connectivity index (χ2n) is 1.72. The first-order chi connectivity index (χ1) is 2.81. The van der Waals surface area contributed by atoms with Gasteiger partial charge in [-0.1, -0.05) is 20.3 Å². The molecule has 0 aromatic carbocycles. The third kappa shape index (κ3) is 7.10. The van der Waals surface area contributed by atoms with Gasteiger partial charge in [-0.25, -0.2) is 0 Å². The Kier molecular flexibility index (Phi) is 11.1. The van der Waals surface area contributed by atoms with E-state index in [1.807, 2.05) is 0 Å². The second kappa shape index (κ2) is 7.10. The predicted molar refractivity (Wildman–Crippen MR) is 29.4 cm³/mol. The fraction of sp³-hybridized carbons (Fsp3) is 0.833. The Morgan fingerprint density at radius 3 is 2.00 bits per heavy atom. The van der Waals surface area contributed by atoms with E-state index in [1.54, 1.807) is 0 Å². The van der Waals surface area contributed by atoms with Crippen molar-refractivity contribution in [3.05, 3.63) is 6.42 Å². The molecule has 0 aliphatic rings. The third-order valence-corrected chi connectivity index (χ3v) is 1.21. The van der Waals surface area contributed by atoms with E-state index in [9.17, 15) is 0 Å². The molecule has 1 atom stereocenters. The van der Waals surface area contributed by atoms with Crippen molar-refractivity contribution in [1.29, 1.82) is 0 Å². The normalized spacial score (nSPS) is 12.4. The summed E-state index contributed by atoms with van der Waals surface area (Å²) < 4.78 is 0. The van der Waals surface area contributed by atoms with E-state index in [1.165, 1.54) is 6.42 Å². The molecule has 0 aromatic heterocycles. The molecule has 0 aliphatic heterocycles. The van der Waals surface area contributed by atoms with Crippen molar-refractivity contribution in [3.63, 3.8) is 0 Å². The molecule has 0 radical (unpaired) electrons. The van der Waals surface area contributed by atoms with Crippen LogP contribution in [0.25, 0.3) is 0 Å².